The molecule has 0 aliphatic carbocycles. The van der Waals surface area contributed by atoms with Gasteiger partial charge in [0.2, 0.25) is 0 Å². The molecule has 0 unspecified atom stereocenters. The lowest BCUT2D eigenvalue weighted by atomic mass is 10.4. The van der Waals surface area contributed by atoms with Crippen LogP contribution in [0, 0.1) is 0 Å². The van der Waals surface area contributed by atoms with E-state index < -0.39 is 0 Å². The Morgan fingerprint density at radius 2 is 2.22 bits per heavy atom. The van der Waals surface area contributed by atoms with E-state index in [0.717, 1.165) is 13.0 Å². The van der Waals surface area contributed by atoms with Crippen molar-refractivity contribution < 1.29 is 0 Å². The summed E-state index contributed by atoms with van der Waals surface area (Å²) in [5, 5.41) is 0. The third-order valence-corrected chi connectivity index (χ3v) is 2.04. The number of hydrogen-bond acceptors (Lipinski definition) is 1. The van der Waals surface area contributed by atoms with E-state index in [4.69, 9.17) is 11.1 Å². The van der Waals surface area contributed by atoms with E-state index in [1.54, 1.807) is 0 Å². The van der Waals surface area contributed by atoms with Crippen LogP contribution in [0.4, 0.5) is 0 Å². The van der Waals surface area contributed by atoms with Crippen molar-refractivity contribution in [2.45, 2.75) is 6.42 Å². The molecule has 0 saturated heterocycles. The van der Waals surface area contributed by atoms with Gasteiger partial charge in [0, 0.05) is 6.54 Å². The normalized spacial score (nSPS) is 12.9. The van der Waals surface area contributed by atoms with Crippen molar-refractivity contribution in [3.63, 3.8) is 0 Å². The Hall–Kier alpha value is 0.207. The third kappa shape index (κ3) is 8.21. The minimum atomic E-state index is -0.358. The summed E-state index contributed by atoms with van der Waals surface area (Å²) in [6, 6.07) is 0. The van der Waals surface area contributed by atoms with Crippen LogP contribution in [0.15, 0.2) is 11.8 Å². The lowest BCUT2D eigenvalue weighted by Crippen LogP contribution is -2.11. The largest absolute Gasteiger partial charge is 0.309 e. The second-order valence-electron chi connectivity index (χ2n) is 2.22. The van der Waals surface area contributed by atoms with Gasteiger partial charge in [0.25, 0.3) is 0 Å². The molecular weight excluding hydrogens is 150 g/mol. The van der Waals surface area contributed by atoms with Crippen molar-refractivity contribution >= 4 is 19.9 Å². The van der Waals surface area contributed by atoms with E-state index in [9.17, 15) is 0 Å². The van der Waals surface area contributed by atoms with Crippen LogP contribution in [0.3, 0.4) is 0 Å². The average molecular weight is 164 g/mol. The zero-order valence-electron chi connectivity index (χ0n) is 6.10. The van der Waals surface area contributed by atoms with Crippen LogP contribution >= 0.6 is 11.1 Å². The summed E-state index contributed by atoms with van der Waals surface area (Å²) in [5.74, 6) is 0. The van der Waals surface area contributed by atoms with Crippen LogP contribution < -0.4 is 0 Å². The second kappa shape index (κ2) is 6.33. The Kier molecular flexibility index (Phi) is 6.47. The standard InChI is InChI=1S/C6H14ClNSi/c1-8(2)5-3-4-6-9-7/h4,6H,3,5,9H2,1-2H3. The number of halogens is 1. The highest BCUT2D eigenvalue weighted by Crippen LogP contribution is 1.85. The van der Waals surface area contributed by atoms with Crippen LogP contribution in [0.25, 0.3) is 0 Å². The van der Waals surface area contributed by atoms with Crippen molar-refractivity contribution in [1.29, 1.82) is 0 Å². The molecule has 0 N–H and O–H groups in total. The molecule has 0 aromatic rings. The summed E-state index contributed by atoms with van der Waals surface area (Å²) in [5.41, 5.74) is 2.12. The third-order valence-electron chi connectivity index (χ3n) is 0.999. The quantitative estimate of drug-likeness (QED) is 0.438. The molecule has 3 heteroatoms. The van der Waals surface area contributed by atoms with Crippen molar-refractivity contribution in [2.24, 2.45) is 0 Å². The van der Waals surface area contributed by atoms with Gasteiger partial charge in [0.1, 0.15) is 8.83 Å². The summed E-state index contributed by atoms with van der Waals surface area (Å²) in [6.45, 7) is 1.13. The Labute approximate surface area is 64.2 Å². The first-order valence-corrected chi connectivity index (χ1v) is 6.08. The van der Waals surface area contributed by atoms with Crippen molar-refractivity contribution in [1.82, 2.24) is 4.90 Å². The van der Waals surface area contributed by atoms with Gasteiger partial charge in [-0.1, -0.05) is 11.8 Å². The fourth-order valence-corrected chi connectivity index (χ4v) is 1.25. The van der Waals surface area contributed by atoms with Gasteiger partial charge in [-0.3, -0.25) is 0 Å². The first-order valence-electron chi connectivity index (χ1n) is 3.13. The van der Waals surface area contributed by atoms with Crippen molar-refractivity contribution in [2.75, 3.05) is 20.6 Å². The topological polar surface area (TPSA) is 3.24 Å². The van der Waals surface area contributed by atoms with Crippen molar-refractivity contribution in [3.8, 4) is 0 Å². The minimum absolute atomic E-state index is 0.358. The molecule has 9 heavy (non-hydrogen) atoms. The molecule has 0 heterocycles. The summed E-state index contributed by atoms with van der Waals surface area (Å²) < 4.78 is 0. The maximum absolute atomic E-state index is 5.56. The van der Waals surface area contributed by atoms with E-state index in [1.165, 1.54) is 0 Å². The number of nitrogens with zero attached hydrogens (tertiary/aromatic N) is 1. The minimum Gasteiger partial charge on any atom is -0.309 e. The molecule has 0 amide bonds. The molecule has 0 aromatic heterocycles. The highest BCUT2D eigenvalue weighted by molar-refractivity contribution is 6.96. The summed E-state index contributed by atoms with van der Waals surface area (Å²) in [6.07, 6.45) is 3.30. The van der Waals surface area contributed by atoms with Gasteiger partial charge < -0.3 is 4.90 Å². The maximum atomic E-state index is 5.56. The van der Waals surface area contributed by atoms with Gasteiger partial charge in [0.05, 0.1) is 0 Å². The Bertz CT molecular complexity index is 83.1. The van der Waals surface area contributed by atoms with E-state index in [0.29, 0.717) is 0 Å². The molecule has 1 nitrogen and oxygen atoms in total. The highest BCUT2D eigenvalue weighted by Gasteiger charge is 1.83. The monoisotopic (exact) mass is 163 g/mol. The SMILES string of the molecule is CN(C)CCC=C[SiH2]Cl. The van der Waals surface area contributed by atoms with Gasteiger partial charge in [0.15, 0.2) is 0 Å². The number of hydrogen-bond donors (Lipinski definition) is 0. The fourth-order valence-electron chi connectivity index (χ4n) is 0.514. The molecule has 0 aromatic carbocycles. The Morgan fingerprint density at radius 1 is 1.56 bits per heavy atom. The lowest BCUT2D eigenvalue weighted by molar-refractivity contribution is 0.417. The molecule has 0 atom stereocenters. The van der Waals surface area contributed by atoms with Crippen LogP contribution in [-0.2, 0) is 0 Å². The van der Waals surface area contributed by atoms with Gasteiger partial charge in [-0.05, 0) is 20.5 Å². The van der Waals surface area contributed by atoms with Gasteiger partial charge in [-0.2, -0.15) is 11.1 Å². The molecule has 0 saturated carbocycles. The molecule has 54 valence electrons. The van der Waals surface area contributed by atoms with E-state index in [-0.39, 0.29) is 8.83 Å². The van der Waals surface area contributed by atoms with Gasteiger partial charge in [-0.25, -0.2) is 0 Å². The fraction of sp³-hybridized carbons (Fsp3) is 0.667. The average Bonchev–Trinajstić information content (AvgIpc) is 1.80. The first-order chi connectivity index (χ1) is 4.27. The van der Waals surface area contributed by atoms with Crippen LogP contribution in [0.5, 0.6) is 0 Å². The van der Waals surface area contributed by atoms with Gasteiger partial charge in [-0.15, -0.1) is 0 Å². The Morgan fingerprint density at radius 3 is 2.67 bits per heavy atom. The van der Waals surface area contributed by atoms with Crippen LogP contribution in [0.2, 0.25) is 0 Å². The van der Waals surface area contributed by atoms with E-state index in [2.05, 4.69) is 30.8 Å². The van der Waals surface area contributed by atoms with E-state index >= 15 is 0 Å². The van der Waals surface area contributed by atoms with E-state index in [1.807, 2.05) is 0 Å². The molecule has 0 fully saturated rings. The predicted octanol–water partition coefficient (Wildman–Crippen LogP) is 0.774. The van der Waals surface area contributed by atoms with Crippen molar-refractivity contribution in [3.05, 3.63) is 11.8 Å². The summed E-state index contributed by atoms with van der Waals surface area (Å²) in [4.78, 5) is 2.17. The highest BCUT2D eigenvalue weighted by atomic mass is 35.6. The maximum Gasteiger partial charge on any atom is 0.148 e. The molecule has 0 bridgehead atoms. The molecule has 0 radical (unpaired) electrons. The molecule has 0 rings (SSSR count). The number of rotatable bonds is 4. The molecule has 0 aliphatic heterocycles. The zero-order valence-corrected chi connectivity index (χ0v) is 8.27. The summed E-state index contributed by atoms with van der Waals surface area (Å²) >= 11 is 5.56. The Balaban J connectivity index is 2.99. The first kappa shape index (κ1) is 9.21. The lowest BCUT2D eigenvalue weighted by Gasteiger charge is -2.04. The summed E-state index contributed by atoms with van der Waals surface area (Å²) in [7, 11) is 3.79. The molecule has 0 aliphatic rings. The van der Waals surface area contributed by atoms with Crippen LogP contribution in [-0.4, -0.2) is 34.4 Å². The predicted molar refractivity (Wildman–Crippen MR) is 46.7 cm³/mol. The molecule has 0 spiro atoms. The zero-order chi connectivity index (χ0) is 7.11. The smallest absolute Gasteiger partial charge is 0.148 e. The second-order valence-corrected chi connectivity index (χ2v) is 3.92. The van der Waals surface area contributed by atoms with Crippen LogP contribution in [0.1, 0.15) is 6.42 Å². The van der Waals surface area contributed by atoms with Gasteiger partial charge >= 0.3 is 0 Å². The molecular formula is C6H14ClNSi.